The molecular formula is C21H33N3O3. The van der Waals surface area contributed by atoms with E-state index in [1.807, 2.05) is 19.2 Å². The van der Waals surface area contributed by atoms with Gasteiger partial charge in [0.15, 0.2) is 0 Å². The van der Waals surface area contributed by atoms with Crippen LogP contribution in [0.15, 0.2) is 24.3 Å². The Labute approximate surface area is 162 Å². The van der Waals surface area contributed by atoms with Gasteiger partial charge in [0, 0.05) is 50.1 Å². The summed E-state index contributed by atoms with van der Waals surface area (Å²) in [4.78, 5) is 16.8. The zero-order valence-electron chi connectivity index (χ0n) is 17.4. The number of hydrogen-bond acceptors (Lipinski definition) is 4. The maximum atomic E-state index is 12.7. The Morgan fingerprint density at radius 3 is 2.52 bits per heavy atom. The average molecular weight is 376 g/mol. The lowest BCUT2D eigenvalue weighted by molar-refractivity contribution is -0.197. The van der Waals surface area contributed by atoms with Crippen molar-refractivity contribution in [3.63, 3.8) is 0 Å². The van der Waals surface area contributed by atoms with E-state index >= 15 is 0 Å². The van der Waals surface area contributed by atoms with Crippen LogP contribution in [0.4, 0.5) is 16.2 Å². The van der Waals surface area contributed by atoms with Crippen LogP contribution in [0.3, 0.4) is 0 Å². The molecule has 3 atom stereocenters. The van der Waals surface area contributed by atoms with Crippen LogP contribution in [-0.4, -0.2) is 62.5 Å². The van der Waals surface area contributed by atoms with Gasteiger partial charge in [0.25, 0.3) is 0 Å². The maximum Gasteiger partial charge on any atom is 0.321 e. The zero-order valence-corrected chi connectivity index (χ0v) is 17.4. The number of morpholine rings is 1. The minimum atomic E-state index is -0.191. The molecule has 0 bridgehead atoms. The van der Waals surface area contributed by atoms with Gasteiger partial charge in [0.1, 0.15) is 0 Å². The summed E-state index contributed by atoms with van der Waals surface area (Å²) in [5.74, 6) is 0. The lowest BCUT2D eigenvalue weighted by atomic mass is 9.55. The summed E-state index contributed by atoms with van der Waals surface area (Å²) in [5, 5.41) is 3.02. The first-order valence-corrected chi connectivity index (χ1v) is 9.73. The first kappa shape index (κ1) is 20.0. The summed E-state index contributed by atoms with van der Waals surface area (Å²) in [5.41, 5.74) is 1.68. The second-order valence-corrected chi connectivity index (χ2v) is 8.59. The molecule has 1 aliphatic heterocycles. The molecule has 2 amide bonds. The second kappa shape index (κ2) is 7.32. The van der Waals surface area contributed by atoms with Gasteiger partial charge in [0.05, 0.1) is 18.3 Å². The molecular weight excluding hydrogens is 342 g/mol. The summed E-state index contributed by atoms with van der Waals surface area (Å²) >= 11 is 0. The normalized spacial score (nSPS) is 29.8. The molecule has 6 heteroatoms. The molecule has 3 rings (SSSR count). The Bertz CT molecular complexity index is 676. The number of nitrogens with zero attached hydrogens (tertiary/aromatic N) is 2. The third kappa shape index (κ3) is 3.65. The fourth-order valence-electron chi connectivity index (χ4n) is 4.24. The van der Waals surface area contributed by atoms with Crippen molar-refractivity contribution < 1.29 is 14.3 Å². The standard InChI is InChI=1S/C21H33N3O3/c1-15-14-24(11-12-27-15)17-9-7-16(8-10-17)22-19(25)23(5)18-13-21(4,26-6)20(18,2)3/h7-10,15,18H,11-14H2,1-6H3,(H,22,25)/t15-,18-,21-/m1/s1. The molecule has 0 aromatic heterocycles. The van der Waals surface area contributed by atoms with Crippen LogP contribution in [0.1, 0.15) is 34.1 Å². The van der Waals surface area contributed by atoms with Crippen molar-refractivity contribution in [2.75, 3.05) is 44.1 Å². The number of urea groups is 1. The molecule has 150 valence electrons. The molecule has 1 heterocycles. The summed E-state index contributed by atoms with van der Waals surface area (Å²) in [7, 11) is 3.61. The van der Waals surface area contributed by atoms with E-state index in [0.717, 1.165) is 37.5 Å². The van der Waals surface area contributed by atoms with Crippen LogP contribution in [0.5, 0.6) is 0 Å². The Kier molecular flexibility index (Phi) is 5.41. The summed E-state index contributed by atoms with van der Waals surface area (Å²) in [6.45, 7) is 11.1. The van der Waals surface area contributed by atoms with Crippen molar-refractivity contribution in [3.05, 3.63) is 24.3 Å². The van der Waals surface area contributed by atoms with Gasteiger partial charge in [-0.15, -0.1) is 0 Å². The van der Waals surface area contributed by atoms with E-state index in [1.165, 1.54) is 0 Å². The van der Waals surface area contributed by atoms with Crippen LogP contribution < -0.4 is 10.2 Å². The molecule has 2 aliphatic rings. The maximum absolute atomic E-state index is 12.7. The Morgan fingerprint density at radius 1 is 1.30 bits per heavy atom. The van der Waals surface area contributed by atoms with Gasteiger partial charge in [-0.2, -0.15) is 0 Å². The third-order valence-electron chi connectivity index (χ3n) is 6.74. The zero-order chi connectivity index (χ0) is 19.8. The predicted octanol–water partition coefficient (Wildman–Crippen LogP) is 3.58. The fraction of sp³-hybridized carbons (Fsp3) is 0.667. The van der Waals surface area contributed by atoms with E-state index < -0.39 is 0 Å². The SMILES string of the molecule is CO[C@]1(C)C[C@@H](N(C)C(=O)Nc2ccc(N3CCO[C@H](C)C3)cc2)C1(C)C. The van der Waals surface area contributed by atoms with Crippen LogP contribution in [-0.2, 0) is 9.47 Å². The highest BCUT2D eigenvalue weighted by Gasteiger charge is 2.59. The van der Waals surface area contributed by atoms with Crippen molar-refractivity contribution in [1.29, 1.82) is 0 Å². The quantitative estimate of drug-likeness (QED) is 0.874. The molecule has 0 unspecified atom stereocenters. The lowest BCUT2D eigenvalue weighted by Gasteiger charge is -2.61. The van der Waals surface area contributed by atoms with E-state index in [1.54, 1.807) is 12.0 Å². The molecule has 1 aromatic carbocycles. The average Bonchev–Trinajstić information content (AvgIpc) is 2.65. The Balaban J connectivity index is 1.60. The van der Waals surface area contributed by atoms with Crippen LogP contribution in [0.2, 0.25) is 0 Å². The van der Waals surface area contributed by atoms with Gasteiger partial charge in [-0.05, 0) is 44.5 Å². The van der Waals surface area contributed by atoms with Gasteiger partial charge in [-0.3, -0.25) is 0 Å². The number of nitrogens with one attached hydrogen (secondary N) is 1. The molecule has 27 heavy (non-hydrogen) atoms. The van der Waals surface area contributed by atoms with E-state index in [2.05, 4.69) is 50.0 Å². The van der Waals surface area contributed by atoms with E-state index in [4.69, 9.17) is 9.47 Å². The highest BCUT2D eigenvalue weighted by molar-refractivity contribution is 5.89. The summed E-state index contributed by atoms with van der Waals surface area (Å²) in [6, 6.07) is 8.11. The molecule has 6 nitrogen and oxygen atoms in total. The summed E-state index contributed by atoms with van der Waals surface area (Å²) in [6.07, 6.45) is 1.09. The van der Waals surface area contributed by atoms with Gasteiger partial charge >= 0.3 is 6.03 Å². The van der Waals surface area contributed by atoms with Crippen LogP contribution in [0, 0.1) is 5.41 Å². The monoisotopic (exact) mass is 375 g/mol. The van der Waals surface area contributed by atoms with Crippen molar-refractivity contribution in [2.24, 2.45) is 5.41 Å². The van der Waals surface area contributed by atoms with Crippen LogP contribution >= 0.6 is 0 Å². The number of hydrogen-bond donors (Lipinski definition) is 1. The van der Waals surface area contributed by atoms with Gasteiger partial charge in [-0.1, -0.05) is 13.8 Å². The smallest absolute Gasteiger partial charge is 0.321 e. The molecule has 1 aromatic rings. The minimum Gasteiger partial charge on any atom is -0.378 e. The number of ether oxygens (including phenoxy) is 2. The lowest BCUT2D eigenvalue weighted by Crippen LogP contribution is -2.69. The number of carbonyl (C=O) groups is 1. The number of carbonyl (C=O) groups excluding carboxylic acids is 1. The topological polar surface area (TPSA) is 54.0 Å². The highest BCUT2D eigenvalue weighted by atomic mass is 16.5. The number of anilines is 2. The molecule has 1 N–H and O–H groups in total. The Hall–Kier alpha value is -1.79. The molecule has 0 radical (unpaired) electrons. The van der Waals surface area contributed by atoms with Gasteiger partial charge in [0.2, 0.25) is 0 Å². The van der Waals surface area contributed by atoms with Crippen molar-refractivity contribution in [1.82, 2.24) is 4.90 Å². The molecule has 1 saturated carbocycles. The van der Waals surface area contributed by atoms with E-state index in [-0.39, 0.29) is 29.2 Å². The molecule has 1 aliphatic carbocycles. The number of rotatable bonds is 4. The molecule has 2 fully saturated rings. The Morgan fingerprint density at radius 2 is 1.96 bits per heavy atom. The largest absolute Gasteiger partial charge is 0.378 e. The van der Waals surface area contributed by atoms with Gasteiger partial charge < -0.3 is 24.6 Å². The number of amides is 2. The second-order valence-electron chi connectivity index (χ2n) is 8.59. The van der Waals surface area contributed by atoms with Crippen LogP contribution in [0.25, 0.3) is 0 Å². The number of methoxy groups -OCH3 is 1. The van der Waals surface area contributed by atoms with Gasteiger partial charge in [-0.25, -0.2) is 4.79 Å². The fourth-order valence-corrected chi connectivity index (χ4v) is 4.24. The third-order valence-corrected chi connectivity index (χ3v) is 6.74. The first-order chi connectivity index (χ1) is 12.7. The molecule has 0 spiro atoms. The molecule has 1 saturated heterocycles. The van der Waals surface area contributed by atoms with Crippen molar-refractivity contribution in [2.45, 2.75) is 51.9 Å². The first-order valence-electron chi connectivity index (χ1n) is 9.73. The van der Waals surface area contributed by atoms with E-state index in [9.17, 15) is 4.79 Å². The van der Waals surface area contributed by atoms with Crippen molar-refractivity contribution >= 4 is 17.4 Å². The predicted molar refractivity (Wildman–Crippen MR) is 108 cm³/mol. The minimum absolute atomic E-state index is 0.0843. The number of benzene rings is 1. The van der Waals surface area contributed by atoms with E-state index in [0.29, 0.717) is 0 Å². The summed E-state index contributed by atoms with van der Waals surface area (Å²) < 4.78 is 11.3. The highest BCUT2D eigenvalue weighted by Crippen LogP contribution is 2.53. The van der Waals surface area contributed by atoms with Crippen molar-refractivity contribution in [3.8, 4) is 0 Å².